The summed E-state index contributed by atoms with van der Waals surface area (Å²) < 4.78 is 44.2. The molecule has 2 amide bonds. The number of sulfonamides is 1. The number of hydrogen-bond acceptors (Lipinski definition) is 6. The number of halogens is 1. The van der Waals surface area contributed by atoms with E-state index in [2.05, 4.69) is 10.0 Å². The number of carbonyl (C=O) groups excluding carboxylic acids is 3. The Hall–Kier alpha value is -3.31. The van der Waals surface area contributed by atoms with Crippen molar-refractivity contribution in [3.63, 3.8) is 0 Å². The van der Waals surface area contributed by atoms with Gasteiger partial charge >= 0.3 is 5.97 Å². The first kappa shape index (κ1) is 24.0. The second kappa shape index (κ2) is 10.6. The molecule has 0 radical (unpaired) electrons. The highest BCUT2D eigenvalue weighted by Gasteiger charge is 2.18. The van der Waals surface area contributed by atoms with Gasteiger partial charge in [-0.25, -0.2) is 22.3 Å². The van der Waals surface area contributed by atoms with Crippen LogP contribution in [-0.2, 0) is 24.3 Å². The second-order valence-corrected chi connectivity index (χ2v) is 8.18. The fraction of sp³-hybridized carbons (Fsp3) is 0.250. The van der Waals surface area contributed by atoms with Crippen LogP contribution in [0.15, 0.2) is 53.4 Å². The molecule has 9 nitrogen and oxygen atoms in total. The number of nitrogens with one attached hydrogen (secondary N) is 2. The van der Waals surface area contributed by atoms with Crippen molar-refractivity contribution in [2.24, 2.45) is 0 Å². The molecule has 166 valence electrons. The fourth-order valence-corrected chi connectivity index (χ4v) is 3.51. The molecule has 0 bridgehead atoms. The molecule has 0 saturated carbocycles. The van der Waals surface area contributed by atoms with E-state index < -0.39 is 40.2 Å². The summed E-state index contributed by atoms with van der Waals surface area (Å²) in [7, 11) is -2.40. The molecule has 0 aliphatic carbocycles. The first-order valence-electron chi connectivity index (χ1n) is 9.18. The molecule has 0 aliphatic rings. The highest BCUT2D eigenvalue weighted by molar-refractivity contribution is 7.89. The Balaban J connectivity index is 1.89. The number of likely N-dealkylation sites (N-methyl/N-ethyl adjacent to an activating group) is 1. The Bertz CT molecular complexity index is 1060. The lowest BCUT2D eigenvalue weighted by Gasteiger charge is -2.17. The lowest BCUT2D eigenvalue weighted by molar-refractivity contribution is -0.136. The van der Waals surface area contributed by atoms with Gasteiger partial charge in [0.15, 0.2) is 6.61 Å². The number of rotatable bonds is 9. The molecule has 2 N–H and O–H groups in total. The van der Waals surface area contributed by atoms with Crippen LogP contribution in [0, 0.1) is 5.82 Å². The zero-order valence-electron chi connectivity index (χ0n) is 16.9. The molecule has 31 heavy (non-hydrogen) atoms. The molecule has 2 aromatic carbocycles. The average molecular weight is 451 g/mol. The van der Waals surface area contributed by atoms with Gasteiger partial charge in [-0.2, -0.15) is 0 Å². The molecule has 0 aliphatic heterocycles. The number of benzene rings is 2. The minimum atomic E-state index is -3.75. The monoisotopic (exact) mass is 451 g/mol. The van der Waals surface area contributed by atoms with E-state index in [1.54, 1.807) is 6.92 Å². The Morgan fingerprint density at radius 1 is 1.10 bits per heavy atom. The number of carbonyl (C=O) groups is 3. The minimum Gasteiger partial charge on any atom is -0.452 e. The van der Waals surface area contributed by atoms with Crippen molar-refractivity contribution in [2.75, 3.05) is 32.1 Å². The van der Waals surface area contributed by atoms with E-state index >= 15 is 0 Å². The van der Waals surface area contributed by atoms with E-state index in [-0.39, 0.29) is 23.5 Å². The van der Waals surface area contributed by atoms with Crippen molar-refractivity contribution in [2.45, 2.75) is 11.8 Å². The van der Waals surface area contributed by atoms with E-state index in [4.69, 9.17) is 4.74 Å². The van der Waals surface area contributed by atoms with E-state index in [1.807, 2.05) is 0 Å². The summed E-state index contributed by atoms with van der Waals surface area (Å²) in [5, 5.41) is 2.51. The molecular weight excluding hydrogens is 429 g/mol. The van der Waals surface area contributed by atoms with Crippen molar-refractivity contribution >= 4 is 33.5 Å². The summed E-state index contributed by atoms with van der Waals surface area (Å²) in [6.45, 7) is 0.859. The molecule has 0 spiro atoms. The lowest BCUT2D eigenvalue weighted by atomic mass is 10.2. The van der Waals surface area contributed by atoms with E-state index in [1.165, 1.54) is 49.5 Å². The topological polar surface area (TPSA) is 122 Å². The number of anilines is 1. The van der Waals surface area contributed by atoms with Gasteiger partial charge in [-0.05, 0) is 42.5 Å². The predicted octanol–water partition coefficient (Wildman–Crippen LogP) is 1.38. The summed E-state index contributed by atoms with van der Waals surface area (Å²) in [6, 6.07) is 10.3. The average Bonchev–Trinajstić information content (AvgIpc) is 2.73. The van der Waals surface area contributed by atoms with Crippen LogP contribution in [0.4, 0.5) is 10.1 Å². The largest absolute Gasteiger partial charge is 0.452 e. The van der Waals surface area contributed by atoms with Crippen molar-refractivity contribution in [3.05, 3.63) is 59.9 Å². The van der Waals surface area contributed by atoms with Gasteiger partial charge < -0.3 is 15.0 Å². The van der Waals surface area contributed by atoms with Crippen LogP contribution in [0.2, 0.25) is 0 Å². The maximum Gasteiger partial charge on any atom is 0.338 e. The van der Waals surface area contributed by atoms with Crippen LogP contribution in [0.1, 0.15) is 17.3 Å². The van der Waals surface area contributed by atoms with E-state index in [0.717, 1.165) is 11.0 Å². The minimum absolute atomic E-state index is 0.0384. The van der Waals surface area contributed by atoms with Gasteiger partial charge in [0.25, 0.3) is 5.91 Å². The molecule has 0 saturated heterocycles. The van der Waals surface area contributed by atoms with Crippen LogP contribution in [0.25, 0.3) is 0 Å². The summed E-state index contributed by atoms with van der Waals surface area (Å²) in [5.74, 6) is -2.49. The van der Waals surface area contributed by atoms with Gasteiger partial charge in [-0.15, -0.1) is 0 Å². The van der Waals surface area contributed by atoms with Crippen molar-refractivity contribution in [1.82, 2.24) is 9.62 Å². The fourth-order valence-electron chi connectivity index (χ4n) is 2.42. The van der Waals surface area contributed by atoms with Gasteiger partial charge in [0, 0.05) is 19.3 Å². The molecule has 0 aromatic heterocycles. The molecule has 11 heteroatoms. The molecule has 2 aromatic rings. The Kier molecular flexibility index (Phi) is 8.22. The third-order valence-electron chi connectivity index (χ3n) is 3.98. The van der Waals surface area contributed by atoms with Crippen LogP contribution >= 0.6 is 0 Å². The zero-order valence-corrected chi connectivity index (χ0v) is 17.7. The SMILES string of the molecule is CCNS(=O)(=O)c1cccc(C(=O)OCC(=O)N(C)CC(=O)Nc2ccc(F)cc2)c1. The van der Waals surface area contributed by atoms with Gasteiger partial charge in [0.05, 0.1) is 17.0 Å². The Morgan fingerprint density at radius 2 is 1.77 bits per heavy atom. The zero-order chi connectivity index (χ0) is 23.0. The first-order chi connectivity index (χ1) is 14.6. The van der Waals surface area contributed by atoms with Gasteiger partial charge in [0.1, 0.15) is 5.82 Å². The number of nitrogens with zero attached hydrogens (tertiary/aromatic N) is 1. The van der Waals surface area contributed by atoms with Crippen molar-refractivity contribution in [3.8, 4) is 0 Å². The molecule has 2 rings (SSSR count). The normalized spacial score (nSPS) is 10.9. The van der Waals surface area contributed by atoms with Crippen LogP contribution in [-0.4, -0.2) is 57.8 Å². The second-order valence-electron chi connectivity index (χ2n) is 6.41. The predicted molar refractivity (Wildman–Crippen MR) is 110 cm³/mol. The maximum absolute atomic E-state index is 12.9. The quantitative estimate of drug-likeness (QED) is 0.556. The Morgan fingerprint density at radius 3 is 2.42 bits per heavy atom. The van der Waals surface area contributed by atoms with Crippen LogP contribution in [0.3, 0.4) is 0 Å². The maximum atomic E-state index is 12.9. The standard InChI is InChI=1S/C20H22FN3O6S/c1-3-22-31(28,29)17-6-4-5-14(11-17)20(27)30-13-19(26)24(2)12-18(25)23-16-9-7-15(21)8-10-16/h4-11,22H,3,12-13H2,1-2H3,(H,23,25). The molecule has 0 atom stereocenters. The van der Waals surface area contributed by atoms with Gasteiger partial charge in [-0.1, -0.05) is 13.0 Å². The van der Waals surface area contributed by atoms with Crippen molar-refractivity contribution < 1.29 is 31.9 Å². The summed E-state index contributed by atoms with van der Waals surface area (Å²) >= 11 is 0. The molecule has 0 fully saturated rings. The lowest BCUT2D eigenvalue weighted by Crippen LogP contribution is -2.37. The number of amides is 2. The highest BCUT2D eigenvalue weighted by atomic mass is 32.2. The van der Waals surface area contributed by atoms with Gasteiger partial charge in [0.2, 0.25) is 15.9 Å². The van der Waals surface area contributed by atoms with Crippen molar-refractivity contribution in [1.29, 1.82) is 0 Å². The third kappa shape index (κ3) is 7.15. The third-order valence-corrected chi connectivity index (χ3v) is 5.52. The summed E-state index contributed by atoms with van der Waals surface area (Å²) in [4.78, 5) is 37.3. The summed E-state index contributed by atoms with van der Waals surface area (Å²) in [6.07, 6.45) is 0. The molecular formula is C20H22FN3O6S. The highest BCUT2D eigenvalue weighted by Crippen LogP contribution is 2.12. The number of hydrogen-bond donors (Lipinski definition) is 2. The van der Waals surface area contributed by atoms with Gasteiger partial charge in [-0.3, -0.25) is 9.59 Å². The van der Waals surface area contributed by atoms with Crippen LogP contribution < -0.4 is 10.0 Å². The van der Waals surface area contributed by atoms with Crippen LogP contribution in [0.5, 0.6) is 0 Å². The van der Waals surface area contributed by atoms with E-state index in [9.17, 15) is 27.2 Å². The molecule has 0 unspecified atom stereocenters. The molecule has 0 heterocycles. The number of ether oxygens (including phenoxy) is 1. The first-order valence-corrected chi connectivity index (χ1v) is 10.7. The summed E-state index contributed by atoms with van der Waals surface area (Å²) in [5.41, 5.74) is 0.328. The number of esters is 1. The smallest absolute Gasteiger partial charge is 0.338 e. The Labute approximate surface area is 179 Å². The van der Waals surface area contributed by atoms with E-state index in [0.29, 0.717) is 5.69 Å².